The maximum absolute atomic E-state index is 13.6. The molecule has 4 heteroatoms. The fourth-order valence-corrected chi connectivity index (χ4v) is 2.72. The summed E-state index contributed by atoms with van der Waals surface area (Å²) in [5.74, 6) is 0.687. The second-order valence-corrected chi connectivity index (χ2v) is 5.65. The van der Waals surface area contributed by atoms with Crippen LogP contribution in [-0.4, -0.2) is 6.54 Å². The van der Waals surface area contributed by atoms with Crippen LogP contribution in [0.25, 0.3) is 0 Å². The van der Waals surface area contributed by atoms with Gasteiger partial charge in [-0.2, -0.15) is 0 Å². The van der Waals surface area contributed by atoms with E-state index in [4.69, 9.17) is 4.42 Å². The molecule has 0 amide bonds. The van der Waals surface area contributed by atoms with Gasteiger partial charge in [-0.05, 0) is 59.9 Å². The Balaban J connectivity index is 2.24. The first-order valence-corrected chi connectivity index (χ1v) is 7.63. The lowest BCUT2D eigenvalue weighted by Gasteiger charge is -2.19. The van der Waals surface area contributed by atoms with Crippen molar-refractivity contribution < 1.29 is 8.81 Å². The van der Waals surface area contributed by atoms with E-state index in [0.717, 1.165) is 36.3 Å². The minimum Gasteiger partial charge on any atom is -0.469 e. The molecule has 2 aromatic rings. The third-order valence-corrected chi connectivity index (χ3v) is 4.26. The second-order valence-electron chi connectivity index (χ2n) is 4.86. The highest BCUT2D eigenvalue weighted by Gasteiger charge is 2.17. The summed E-state index contributed by atoms with van der Waals surface area (Å²) in [5.41, 5.74) is 2.09. The third kappa shape index (κ3) is 3.49. The maximum atomic E-state index is 13.6. The van der Waals surface area contributed by atoms with Crippen LogP contribution in [0.1, 0.15) is 36.3 Å². The highest BCUT2D eigenvalue weighted by Crippen LogP contribution is 2.27. The molecule has 2 nitrogen and oxygen atoms in total. The summed E-state index contributed by atoms with van der Waals surface area (Å²) in [5, 5.41) is 3.50. The van der Waals surface area contributed by atoms with Gasteiger partial charge in [0.2, 0.25) is 0 Å². The van der Waals surface area contributed by atoms with Crippen molar-refractivity contribution in [1.82, 2.24) is 5.32 Å². The zero-order chi connectivity index (χ0) is 14.5. The van der Waals surface area contributed by atoms with Crippen LogP contribution in [0.3, 0.4) is 0 Å². The summed E-state index contributed by atoms with van der Waals surface area (Å²) in [7, 11) is 0. The number of halogens is 2. The summed E-state index contributed by atoms with van der Waals surface area (Å²) < 4.78 is 19.6. The molecule has 1 aromatic carbocycles. The minimum absolute atomic E-state index is 0.131. The number of hydrogen-bond donors (Lipinski definition) is 1. The molecule has 1 aromatic heterocycles. The molecule has 0 fully saturated rings. The number of furan rings is 1. The highest BCUT2D eigenvalue weighted by atomic mass is 79.9. The fraction of sp³-hybridized carbons (Fsp3) is 0.375. The molecule has 0 saturated carbocycles. The lowest BCUT2D eigenvalue weighted by molar-refractivity contribution is 0.492. The van der Waals surface area contributed by atoms with E-state index in [0.29, 0.717) is 4.47 Å². The van der Waals surface area contributed by atoms with Gasteiger partial charge >= 0.3 is 0 Å². The molecule has 0 bridgehead atoms. The zero-order valence-corrected chi connectivity index (χ0v) is 13.3. The Bertz CT molecular complexity index is 567. The molecule has 0 radical (unpaired) electrons. The molecule has 108 valence electrons. The van der Waals surface area contributed by atoms with Gasteiger partial charge in [-0.3, -0.25) is 0 Å². The Morgan fingerprint density at radius 3 is 2.80 bits per heavy atom. The van der Waals surface area contributed by atoms with Crippen molar-refractivity contribution in [3.63, 3.8) is 0 Å². The summed E-state index contributed by atoms with van der Waals surface area (Å²) in [6.45, 7) is 5.00. The number of rotatable bonds is 6. The van der Waals surface area contributed by atoms with Crippen LogP contribution < -0.4 is 5.32 Å². The zero-order valence-electron chi connectivity index (χ0n) is 11.7. The van der Waals surface area contributed by atoms with Gasteiger partial charge in [0.25, 0.3) is 0 Å². The molecule has 0 saturated heterocycles. The Labute approximate surface area is 127 Å². The van der Waals surface area contributed by atoms with E-state index in [9.17, 15) is 4.39 Å². The quantitative estimate of drug-likeness (QED) is 0.819. The Hall–Kier alpha value is -1.13. The van der Waals surface area contributed by atoms with Gasteiger partial charge in [-0.1, -0.05) is 19.1 Å². The van der Waals surface area contributed by atoms with Crippen LogP contribution in [0, 0.1) is 12.7 Å². The van der Waals surface area contributed by atoms with Crippen molar-refractivity contribution in [3.8, 4) is 0 Å². The molecular formula is C16H19BrFNO. The van der Waals surface area contributed by atoms with Gasteiger partial charge in [-0.25, -0.2) is 4.39 Å². The molecule has 20 heavy (non-hydrogen) atoms. The first-order chi connectivity index (χ1) is 9.63. The van der Waals surface area contributed by atoms with Crippen molar-refractivity contribution in [2.45, 2.75) is 32.7 Å². The smallest absolute Gasteiger partial charge is 0.137 e. The van der Waals surface area contributed by atoms with Crippen LogP contribution in [0.2, 0.25) is 0 Å². The van der Waals surface area contributed by atoms with Crippen LogP contribution in [0.15, 0.2) is 39.4 Å². The molecule has 0 aliphatic rings. The topological polar surface area (TPSA) is 25.2 Å². The molecule has 0 spiro atoms. The van der Waals surface area contributed by atoms with Crippen LogP contribution in [0.5, 0.6) is 0 Å². The van der Waals surface area contributed by atoms with Crippen molar-refractivity contribution >= 4 is 15.9 Å². The largest absolute Gasteiger partial charge is 0.469 e. The van der Waals surface area contributed by atoms with E-state index in [1.54, 1.807) is 12.3 Å². The van der Waals surface area contributed by atoms with Crippen LogP contribution in [0.4, 0.5) is 4.39 Å². The number of nitrogens with one attached hydrogen (secondary N) is 1. The molecular weight excluding hydrogens is 321 g/mol. The molecule has 1 atom stereocenters. The van der Waals surface area contributed by atoms with E-state index in [2.05, 4.69) is 28.2 Å². The van der Waals surface area contributed by atoms with Crippen molar-refractivity contribution in [2.24, 2.45) is 0 Å². The van der Waals surface area contributed by atoms with Crippen LogP contribution in [-0.2, 0) is 6.42 Å². The summed E-state index contributed by atoms with van der Waals surface area (Å²) in [6, 6.07) is 7.27. The summed E-state index contributed by atoms with van der Waals surface area (Å²) in [6.07, 6.45) is 3.47. The Kier molecular flexibility index (Phi) is 5.38. The molecule has 1 N–H and O–H groups in total. The van der Waals surface area contributed by atoms with Crippen molar-refractivity contribution in [2.75, 3.05) is 6.54 Å². The van der Waals surface area contributed by atoms with E-state index < -0.39 is 0 Å². The van der Waals surface area contributed by atoms with Gasteiger partial charge < -0.3 is 9.73 Å². The highest BCUT2D eigenvalue weighted by molar-refractivity contribution is 9.10. The van der Waals surface area contributed by atoms with E-state index in [1.807, 2.05) is 19.1 Å². The van der Waals surface area contributed by atoms with Crippen molar-refractivity contribution in [1.29, 1.82) is 0 Å². The lowest BCUT2D eigenvalue weighted by atomic mass is 9.99. The Morgan fingerprint density at radius 2 is 2.15 bits per heavy atom. The van der Waals surface area contributed by atoms with Gasteiger partial charge in [0.15, 0.2) is 0 Å². The SMILES string of the molecule is CCCNC(Cc1cccc(F)c1Br)c1ccoc1C. The molecule has 1 heterocycles. The summed E-state index contributed by atoms with van der Waals surface area (Å²) >= 11 is 3.33. The third-order valence-electron chi connectivity index (χ3n) is 3.37. The summed E-state index contributed by atoms with van der Waals surface area (Å²) in [4.78, 5) is 0. The van der Waals surface area contributed by atoms with Gasteiger partial charge in [0.1, 0.15) is 11.6 Å². The number of benzene rings is 1. The standard InChI is InChI=1S/C16H19BrFNO/c1-3-8-19-15(13-7-9-20-11(13)2)10-12-5-4-6-14(18)16(12)17/h4-7,9,15,19H,3,8,10H2,1-2H3. The van der Waals surface area contributed by atoms with E-state index in [-0.39, 0.29) is 11.9 Å². The lowest BCUT2D eigenvalue weighted by Crippen LogP contribution is -2.24. The fourth-order valence-electron chi connectivity index (χ4n) is 2.29. The van der Waals surface area contributed by atoms with Crippen LogP contribution >= 0.6 is 15.9 Å². The molecule has 0 aliphatic carbocycles. The van der Waals surface area contributed by atoms with Gasteiger partial charge in [0, 0.05) is 11.6 Å². The normalized spacial score (nSPS) is 12.6. The van der Waals surface area contributed by atoms with Gasteiger partial charge in [0.05, 0.1) is 10.7 Å². The first kappa shape index (κ1) is 15.3. The molecule has 2 rings (SSSR count). The molecule has 1 unspecified atom stereocenters. The average Bonchev–Trinajstić information content (AvgIpc) is 2.85. The second kappa shape index (κ2) is 7.04. The van der Waals surface area contributed by atoms with Gasteiger partial charge in [-0.15, -0.1) is 0 Å². The predicted molar refractivity (Wildman–Crippen MR) is 82.3 cm³/mol. The first-order valence-electron chi connectivity index (χ1n) is 6.83. The monoisotopic (exact) mass is 339 g/mol. The minimum atomic E-state index is -0.222. The predicted octanol–water partition coefficient (Wildman–Crippen LogP) is 4.77. The maximum Gasteiger partial charge on any atom is 0.137 e. The van der Waals surface area contributed by atoms with Crippen molar-refractivity contribution in [3.05, 3.63) is 57.7 Å². The average molecular weight is 340 g/mol. The van der Waals surface area contributed by atoms with E-state index in [1.165, 1.54) is 6.07 Å². The molecule has 0 aliphatic heterocycles. The van der Waals surface area contributed by atoms with E-state index >= 15 is 0 Å². The number of hydrogen-bond acceptors (Lipinski definition) is 2. The number of aryl methyl sites for hydroxylation is 1. The Morgan fingerprint density at radius 1 is 1.35 bits per heavy atom.